The van der Waals surface area contributed by atoms with Crippen molar-refractivity contribution in [2.75, 3.05) is 0 Å². The topological polar surface area (TPSA) is 25.2 Å². The highest BCUT2D eigenvalue weighted by Crippen LogP contribution is 2.31. The maximum atomic E-state index is 12.8. The van der Waals surface area contributed by atoms with Crippen LogP contribution in [-0.2, 0) is 19.0 Å². The lowest BCUT2D eigenvalue weighted by Crippen LogP contribution is -2.05. The number of hydrogen-bond donors (Lipinski definition) is 0. The Morgan fingerprint density at radius 2 is 1.68 bits per heavy atom. The molecule has 3 aromatic rings. The summed E-state index contributed by atoms with van der Waals surface area (Å²) >= 11 is 6.32. The van der Waals surface area contributed by atoms with Crippen LogP contribution in [0.2, 0.25) is 0 Å². The van der Waals surface area contributed by atoms with Crippen LogP contribution < -0.4 is 0 Å². The summed E-state index contributed by atoms with van der Waals surface area (Å²) < 4.78 is 38.3. The van der Waals surface area contributed by atoms with E-state index in [0.29, 0.717) is 17.9 Å². The summed E-state index contributed by atoms with van der Waals surface area (Å²) in [5.41, 5.74) is 6.91. The maximum absolute atomic E-state index is 12.8. The lowest BCUT2D eigenvalue weighted by Gasteiger charge is -2.12. The van der Waals surface area contributed by atoms with Crippen LogP contribution in [0.4, 0.5) is 18.9 Å². The fourth-order valence-corrected chi connectivity index (χ4v) is 3.91. The zero-order chi connectivity index (χ0) is 24.9. The van der Waals surface area contributed by atoms with E-state index in [0.717, 1.165) is 70.0 Å². The number of hydrogen-bond acceptors (Lipinski definition) is 2. The third-order valence-corrected chi connectivity index (χ3v) is 5.96. The number of aromatic nitrogens is 1. The summed E-state index contributed by atoms with van der Waals surface area (Å²) in [4.78, 5) is 9.36. The molecule has 0 radical (unpaired) electrons. The molecule has 0 amide bonds. The van der Waals surface area contributed by atoms with Crippen molar-refractivity contribution in [3.63, 3.8) is 0 Å². The normalized spacial score (nSPS) is 12.1. The highest BCUT2D eigenvalue weighted by atomic mass is 35.5. The summed E-state index contributed by atoms with van der Waals surface area (Å²) in [6.45, 7) is 9.91. The van der Waals surface area contributed by atoms with Crippen molar-refractivity contribution in [3.05, 3.63) is 100 Å². The summed E-state index contributed by atoms with van der Waals surface area (Å²) in [7, 11) is 0. The van der Waals surface area contributed by atoms with Gasteiger partial charge in [-0.2, -0.15) is 13.2 Å². The van der Waals surface area contributed by atoms with Gasteiger partial charge < -0.3 is 0 Å². The Bertz CT molecular complexity index is 1200. The van der Waals surface area contributed by atoms with E-state index in [4.69, 9.17) is 16.6 Å². The molecule has 34 heavy (non-hydrogen) atoms. The molecule has 2 aromatic carbocycles. The predicted octanol–water partition coefficient (Wildman–Crippen LogP) is 8.63. The van der Waals surface area contributed by atoms with Crippen LogP contribution in [-0.4, -0.2) is 10.7 Å². The van der Waals surface area contributed by atoms with Crippen molar-refractivity contribution in [3.8, 4) is 0 Å². The first-order valence-corrected chi connectivity index (χ1v) is 11.6. The molecule has 0 saturated carbocycles. The summed E-state index contributed by atoms with van der Waals surface area (Å²) in [5, 5.41) is 0.414. The largest absolute Gasteiger partial charge is 0.416 e. The minimum Gasteiger partial charge on any atom is -0.258 e. The molecular weight excluding hydrogens is 457 g/mol. The standard InChI is InChI=1S/C28H28ClF3N2/c1-5-25(14-9-21-7-12-24(13-8-21)28(30,31)32)34-27-15-10-22(17-26(27)19(3)29)16-23-11-6-18(2)33-20(23)4/h6-8,10-13,15,17H,3,5,9,14,16H2,1-2,4H3/b34-25-. The molecule has 0 spiro atoms. The highest BCUT2D eigenvalue weighted by molar-refractivity contribution is 6.48. The Morgan fingerprint density at radius 1 is 1.00 bits per heavy atom. The van der Waals surface area contributed by atoms with E-state index < -0.39 is 11.7 Å². The van der Waals surface area contributed by atoms with Gasteiger partial charge in [0.1, 0.15) is 0 Å². The molecule has 0 unspecified atom stereocenters. The van der Waals surface area contributed by atoms with E-state index >= 15 is 0 Å². The second-order valence-electron chi connectivity index (χ2n) is 8.36. The number of alkyl halides is 3. The summed E-state index contributed by atoms with van der Waals surface area (Å²) in [5.74, 6) is 0. The van der Waals surface area contributed by atoms with Crippen LogP contribution in [0.3, 0.4) is 0 Å². The van der Waals surface area contributed by atoms with Gasteiger partial charge in [0.25, 0.3) is 0 Å². The number of aliphatic imine (C=N–C) groups is 1. The van der Waals surface area contributed by atoms with Crippen LogP contribution in [0.25, 0.3) is 5.03 Å². The Hall–Kier alpha value is -2.92. The molecule has 178 valence electrons. The third kappa shape index (κ3) is 6.80. The van der Waals surface area contributed by atoms with Crippen molar-refractivity contribution in [2.24, 2.45) is 4.99 Å². The first kappa shape index (κ1) is 25.7. The fourth-order valence-electron chi connectivity index (χ4n) is 3.76. The smallest absolute Gasteiger partial charge is 0.258 e. The van der Waals surface area contributed by atoms with Crippen LogP contribution >= 0.6 is 11.6 Å². The molecule has 3 rings (SSSR count). The summed E-state index contributed by atoms with van der Waals surface area (Å²) in [6.07, 6.45) is -1.61. The molecular formula is C28H28ClF3N2. The zero-order valence-electron chi connectivity index (χ0n) is 19.6. The molecule has 0 N–H and O–H groups in total. The second-order valence-corrected chi connectivity index (χ2v) is 8.81. The SMILES string of the molecule is C=C(Cl)c1cc(Cc2ccc(C)nc2C)ccc1/N=C(/CC)CCc1ccc(C(F)(F)F)cc1. The van der Waals surface area contributed by atoms with Crippen molar-refractivity contribution in [1.82, 2.24) is 4.98 Å². The fraction of sp³-hybridized carbons (Fsp3) is 0.286. The van der Waals surface area contributed by atoms with E-state index in [1.54, 1.807) is 0 Å². The van der Waals surface area contributed by atoms with Gasteiger partial charge in [-0.05, 0) is 86.6 Å². The molecule has 2 nitrogen and oxygen atoms in total. The number of benzene rings is 2. The first-order chi connectivity index (χ1) is 16.1. The van der Waals surface area contributed by atoms with E-state index in [9.17, 15) is 13.2 Å². The van der Waals surface area contributed by atoms with Gasteiger partial charge >= 0.3 is 6.18 Å². The van der Waals surface area contributed by atoms with Gasteiger partial charge in [-0.25, -0.2) is 0 Å². The Morgan fingerprint density at radius 3 is 2.26 bits per heavy atom. The van der Waals surface area contributed by atoms with Crippen molar-refractivity contribution in [1.29, 1.82) is 0 Å². The monoisotopic (exact) mass is 484 g/mol. The van der Waals surface area contributed by atoms with Crippen LogP contribution in [0.5, 0.6) is 0 Å². The average Bonchev–Trinajstić information content (AvgIpc) is 2.78. The number of aryl methyl sites for hydroxylation is 3. The quantitative estimate of drug-likeness (QED) is 0.294. The van der Waals surface area contributed by atoms with E-state index in [1.807, 2.05) is 45.0 Å². The molecule has 1 aromatic heterocycles. The molecule has 0 saturated heterocycles. The van der Waals surface area contributed by atoms with Crippen LogP contribution in [0.1, 0.15) is 59.0 Å². The molecule has 0 aliphatic rings. The van der Waals surface area contributed by atoms with E-state index in [2.05, 4.69) is 17.6 Å². The zero-order valence-corrected chi connectivity index (χ0v) is 20.4. The van der Waals surface area contributed by atoms with Gasteiger partial charge in [0.2, 0.25) is 0 Å². The predicted molar refractivity (Wildman–Crippen MR) is 135 cm³/mol. The van der Waals surface area contributed by atoms with E-state index in [-0.39, 0.29) is 0 Å². The molecule has 0 aliphatic heterocycles. The lowest BCUT2D eigenvalue weighted by molar-refractivity contribution is -0.137. The maximum Gasteiger partial charge on any atom is 0.416 e. The van der Waals surface area contributed by atoms with Gasteiger partial charge in [-0.15, -0.1) is 0 Å². The number of nitrogens with zero attached hydrogens (tertiary/aromatic N) is 2. The second kappa shape index (κ2) is 11.0. The highest BCUT2D eigenvalue weighted by Gasteiger charge is 2.29. The molecule has 0 bridgehead atoms. The van der Waals surface area contributed by atoms with Crippen LogP contribution in [0, 0.1) is 13.8 Å². The van der Waals surface area contributed by atoms with Gasteiger partial charge in [0, 0.05) is 27.7 Å². The Labute approximate surface area is 204 Å². The van der Waals surface area contributed by atoms with Gasteiger partial charge in [-0.1, -0.05) is 49.4 Å². The van der Waals surface area contributed by atoms with Crippen molar-refractivity contribution >= 4 is 28.0 Å². The van der Waals surface area contributed by atoms with Crippen LogP contribution in [0.15, 0.2) is 66.2 Å². The first-order valence-electron chi connectivity index (χ1n) is 11.2. The van der Waals surface area contributed by atoms with E-state index in [1.165, 1.54) is 12.1 Å². The molecule has 1 heterocycles. The summed E-state index contributed by atoms with van der Waals surface area (Å²) in [6, 6.07) is 15.4. The number of halogens is 4. The van der Waals surface area contributed by atoms with Gasteiger partial charge in [0.05, 0.1) is 11.3 Å². The molecule has 0 atom stereocenters. The molecule has 6 heteroatoms. The molecule has 0 fully saturated rings. The Balaban J connectivity index is 1.78. The van der Waals surface area contributed by atoms with Gasteiger partial charge in [0.15, 0.2) is 0 Å². The number of rotatable bonds is 8. The average molecular weight is 485 g/mol. The minimum absolute atomic E-state index is 0.414. The minimum atomic E-state index is -4.32. The van der Waals surface area contributed by atoms with Crippen molar-refractivity contribution < 1.29 is 13.2 Å². The van der Waals surface area contributed by atoms with Crippen molar-refractivity contribution in [2.45, 2.75) is 52.6 Å². The Kier molecular flexibility index (Phi) is 8.32. The van der Waals surface area contributed by atoms with Gasteiger partial charge in [-0.3, -0.25) is 9.98 Å². The third-order valence-electron chi connectivity index (χ3n) is 5.75. The lowest BCUT2D eigenvalue weighted by atomic mass is 10.00. The molecule has 0 aliphatic carbocycles. The number of pyridine rings is 1.